The molecule has 2 heterocycles. The molecule has 1 aliphatic heterocycles. The molecule has 0 aliphatic carbocycles. The van der Waals surface area contributed by atoms with Gasteiger partial charge in [0, 0.05) is 25.0 Å². The maximum Gasteiger partial charge on any atom is 0.219 e. The van der Waals surface area contributed by atoms with Crippen LogP contribution in [0.1, 0.15) is 71.7 Å². The maximum absolute atomic E-state index is 12.3. The van der Waals surface area contributed by atoms with Crippen molar-refractivity contribution < 1.29 is 9.53 Å². The Bertz CT molecular complexity index is 538. The van der Waals surface area contributed by atoms with Crippen molar-refractivity contribution in [1.82, 2.24) is 4.90 Å². The second-order valence-electron chi connectivity index (χ2n) is 8.21. The predicted octanol–water partition coefficient (Wildman–Crippen LogP) is 5.28. The van der Waals surface area contributed by atoms with Gasteiger partial charge in [0.2, 0.25) is 5.91 Å². The SMILES string of the molecule is CC(=O)N(CC[C@@]1(C(C)C)CCOC(C)(C)C1)[C@@H](C)c1cccs1. The molecule has 3 nitrogen and oxygen atoms in total. The second kappa shape index (κ2) is 7.57. The summed E-state index contributed by atoms with van der Waals surface area (Å²) in [6.45, 7) is 14.5. The third kappa shape index (κ3) is 4.40. The average Bonchev–Trinajstić information content (AvgIpc) is 2.99. The normalized spacial score (nSPS) is 24.8. The quantitative estimate of drug-likeness (QED) is 0.698. The van der Waals surface area contributed by atoms with E-state index >= 15 is 0 Å². The van der Waals surface area contributed by atoms with Crippen LogP contribution >= 0.6 is 11.3 Å². The van der Waals surface area contributed by atoms with Crippen molar-refractivity contribution in [2.24, 2.45) is 11.3 Å². The van der Waals surface area contributed by atoms with E-state index < -0.39 is 0 Å². The van der Waals surface area contributed by atoms with Gasteiger partial charge >= 0.3 is 0 Å². The molecule has 0 spiro atoms. The van der Waals surface area contributed by atoms with Gasteiger partial charge in [-0.15, -0.1) is 11.3 Å². The molecule has 0 N–H and O–H groups in total. The van der Waals surface area contributed by atoms with Crippen molar-refractivity contribution in [3.63, 3.8) is 0 Å². The van der Waals surface area contributed by atoms with E-state index in [1.54, 1.807) is 18.3 Å². The zero-order chi connectivity index (χ0) is 18.0. The fourth-order valence-corrected chi connectivity index (χ4v) is 4.96. The van der Waals surface area contributed by atoms with Crippen molar-refractivity contribution in [2.75, 3.05) is 13.2 Å². The average molecular weight is 352 g/mol. The third-order valence-corrected chi connectivity index (χ3v) is 6.82. The Labute approximate surface area is 151 Å². The number of rotatable bonds is 6. The Morgan fingerprint density at radius 1 is 1.38 bits per heavy atom. The van der Waals surface area contributed by atoms with Gasteiger partial charge in [-0.25, -0.2) is 0 Å². The number of thiophene rings is 1. The van der Waals surface area contributed by atoms with E-state index in [-0.39, 0.29) is 23.0 Å². The summed E-state index contributed by atoms with van der Waals surface area (Å²) in [5.74, 6) is 0.757. The van der Waals surface area contributed by atoms with Crippen LogP contribution in [0.5, 0.6) is 0 Å². The molecule has 1 fully saturated rings. The van der Waals surface area contributed by atoms with Gasteiger partial charge in [-0.2, -0.15) is 0 Å². The molecule has 1 saturated heterocycles. The lowest BCUT2D eigenvalue weighted by atomic mass is 9.65. The van der Waals surface area contributed by atoms with Crippen LogP contribution in [0.3, 0.4) is 0 Å². The summed E-state index contributed by atoms with van der Waals surface area (Å²) in [6.07, 6.45) is 3.21. The molecule has 0 saturated carbocycles. The molecule has 0 unspecified atom stereocenters. The molecule has 0 bridgehead atoms. The lowest BCUT2D eigenvalue weighted by Crippen LogP contribution is -2.46. The van der Waals surface area contributed by atoms with Crippen LogP contribution < -0.4 is 0 Å². The summed E-state index contributed by atoms with van der Waals surface area (Å²) in [7, 11) is 0. The number of ether oxygens (including phenoxy) is 1. The van der Waals surface area contributed by atoms with Crippen molar-refractivity contribution in [3.8, 4) is 0 Å². The van der Waals surface area contributed by atoms with Gasteiger partial charge in [0.25, 0.3) is 0 Å². The third-order valence-electron chi connectivity index (χ3n) is 5.77. The van der Waals surface area contributed by atoms with Crippen LogP contribution in [0.25, 0.3) is 0 Å². The Hall–Kier alpha value is -0.870. The zero-order valence-electron chi connectivity index (χ0n) is 16.1. The maximum atomic E-state index is 12.3. The summed E-state index contributed by atoms with van der Waals surface area (Å²) in [5.41, 5.74) is 0.188. The summed E-state index contributed by atoms with van der Waals surface area (Å²) < 4.78 is 5.95. The molecule has 1 aromatic rings. The second-order valence-corrected chi connectivity index (χ2v) is 9.19. The van der Waals surface area contributed by atoms with Gasteiger partial charge in [0.15, 0.2) is 0 Å². The minimum atomic E-state index is -0.0665. The van der Waals surface area contributed by atoms with E-state index in [1.807, 2.05) is 4.90 Å². The zero-order valence-corrected chi connectivity index (χ0v) is 16.9. The van der Waals surface area contributed by atoms with Gasteiger partial charge < -0.3 is 9.64 Å². The molecular formula is C20H33NO2S. The van der Waals surface area contributed by atoms with Gasteiger partial charge in [0.05, 0.1) is 11.6 Å². The summed E-state index contributed by atoms with van der Waals surface area (Å²) in [5, 5.41) is 2.08. The first-order valence-corrected chi connectivity index (χ1v) is 9.99. The van der Waals surface area contributed by atoms with Crippen LogP contribution in [0.15, 0.2) is 17.5 Å². The van der Waals surface area contributed by atoms with Crippen molar-refractivity contribution in [1.29, 1.82) is 0 Å². The van der Waals surface area contributed by atoms with Crippen LogP contribution in [-0.2, 0) is 9.53 Å². The summed E-state index contributed by atoms with van der Waals surface area (Å²) >= 11 is 1.73. The fraction of sp³-hybridized carbons (Fsp3) is 0.750. The molecule has 1 aliphatic rings. The highest BCUT2D eigenvalue weighted by molar-refractivity contribution is 7.10. The number of carbonyl (C=O) groups is 1. The fourth-order valence-electron chi connectivity index (χ4n) is 4.16. The minimum Gasteiger partial charge on any atom is -0.376 e. The highest BCUT2D eigenvalue weighted by Gasteiger charge is 2.43. The molecule has 2 atom stereocenters. The molecule has 1 aromatic heterocycles. The summed E-state index contributed by atoms with van der Waals surface area (Å²) in [4.78, 5) is 15.6. The molecule has 136 valence electrons. The van der Waals surface area contributed by atoms with E-state index in [0.29, 0.717) is 5.92 Å². The smallest absolute Gasteiger partial charge is 0.219 e. The van der Waals surface area contributed by atoms with E-state index in [4.69, 9.17) is 4.74 Å². The van der Waals surface area contributed by atoms with Crippen LogP contribution in [0.2, 0.25) is 0 Å². The van der Waals surface area contributed by atoms with E-state index in [1.165, 1.54) is 4.88 Å². The topological polar surface area (TPSA) is 29.5 Å². The van der Waals surface area contributed by atoms with Gasteiger partial charge in [-0.1, -0.05) is 19.9 Å². The number of amides is 1. The highest BCUT2D eigenvalue weighted by Crippen LogP contribution is 2.47. The molecular weight excluding hydrogens is 318 g/mol. The predicted molar refractivity (Wildman–Crippen MR) is 101 cm³/mol. The van der Waals surface area contributed by atoms with Crippen LogP contribution in [0, 0.1) is 11.3 Å². The van der Waals surface area contributed by atoms with Gasteiger partial charge in [-0.05, 0) is 62.8 Å². The first-order valence-electron chi connectivity index (χ1n) is 9.11. The molecule has 4 heteroatoms. The molecule has 0 aromatic carbocycles. The number of nitrogens with zero attached hydrogens (tertiary/aromatic N) is 1. The Morgan fingerprint density at radius 3 is 2.58 bits per heavy atom. The van der Waals surface area contributed by atoms with Gasteiger partial charge in [-0.3, -0.25) is 4.79 Å². The summed E-state index contributed by atoms with van der Waals surface area (Å²) in [6, 6.07) is 4.34. The Balaban J connectivity index is 2.12. The Morgan fingerprint density at radius 2 is 2.08 bits per heavy atom. The molecule has 0 radical (unpaired) electrons. The number of carbonyl (C=O) groups excluding carboxylic acids is 1. The first-order chi connectivity index (χ1) is 11.2. The van der Waals surface area contributed by atoms with Crippen LogP contribution in [0.4, 0.5) is 0 Å². The largest absolute Gasteiger partial charge is 0.376 e. The molecule has 1 amide bonds. The van der Waals surface area contributed by atoms with Crippen molar-refractivity contribution in [3.05, 3.63) is 22.4 Å². The van der Waals surface area contributed by atoms with Crippen LogP contribution in [-0.4, -0.2) is 29.6 Å². The lowest BCUT2D eigenvalue weighted by Gasteiger charge is -2.48. The minimum absolute atomic E-state index is 0.0665. The van der Waals surface area contributed by atoms with E-state index in [2.05, 4.69) is 52.1 Å². The monoisotopic (exact) mass is 351 g/mol. The van der Waals surface area contributed by atoms with E-state index in [9.17, 15) is 4.79 Å². The number of hydrogen-bond donors (Lipinski definition) is 0. The molecule has 24 heavy (non-hydrogen) atoms. The lowest BCUT2D eigenvalue weighted by molar-refractivity contribution is -0.135. The number of hydrogen-bond acceptors (Lipinski definition) is 3. The standard InChI is InChI=1S/C20H33NO2S/c1-15(2)20(10-12-23-19(5,6)14-20)9-11-21(17(4)22)16(3)18-8-7-13-24-18/h7-8,13,15-16H,9-12,14H2,1-6H3/t16-,20+/m0/s1. The highest BCUT2D eigenvalue weighted by atomic mass is 32.1. The van der Waals surface area contributed by atoms with Crippen molar-refractivity contribution in [2.45, 2.75) is 72.4 Å². The molecule has 2 rings (SSSR count). The Kier molecular flexibility index (Phi) is 6.14. The van der Waals surface area contributed by atoms with Gasteiger partial charge in [0.1, 0.15) is 0 Å². The van der Waals surface area contributed by atoms with Crippen molar-refractivity contribution >= 4 is 17.2 Å². The first kappa shape index (κ1) is 19.5. The van der Waals surface area contributed by atoms with E-state index in [0.717, 1.165) is 32.4 Å².